The van der Waals surface area contributed by atoms with Crippen LogP contribution in [0.3, 0.4) is 0 Å². The van der Waals surface area contributed by atoms with Gasteiger partial charge in [0.2, 0.25) is 5.95 Å². The molecule has 0 unspecified atom stereocenters. The maximum atomic E-state index is 6.62. The molecule has 1 atom stereocenters. The topological polar surface area (TPSA) is 64.3 Å². The number of hydrogen-bond donors (Lipinski definition) is 1. The zero-order valence-corrected chi connectivity index (χ0v) is 16.1. The first-order chi connectivity index (χ1) is 12.1. The second-order valence-electron chi connectivity index (χ2n) is 6.15. The maximum Gasteiger partial charge on any atom is 0.222 e. The zero-order valence-electron chi connectivity index (χ0n) is 14.5. The van der Waals surface area contributed by atoms with Crippen LogP contribution in [0.4, 0.5) is 11.8 Å². The Kier molecular flexibility index (Phi) is 6.04. The Morgan fingerprint density at radius 1 is 1.36 bits per heavy atom. The molecule has 3 rings (SSSR count). The fraction of sp³-hybridized carbons (Fsp3) is 0.444. The summed E-state index contributed by atoms with van der Waals surface area (Å²) in [6.07, 6.45) is 3.02. The Balaban J connectivity index is 1.98. The molecule has 0 spiro atoms. The van der Waals surface area contributed by atoms with Crippen molar-refractivity contribution in [3.8, 4) is 0 Å². The first-order valence-electron chi connectivity index (χ1n) is 8.31. The summed E-state index contributed by atoms with van der Waals surface area (Å²) in [6, 6.07) is 8.27. The lowest BCUT2D eigenvalue weighted by atomic mass is 10.0. The van der Waals surface area contributed by atoms with Crippen LogP contribution in [-0.4, -0.2) is 36.0 Å². The molecule has 0 saturated carbocycles. The lowest BCUT2D eigenvalue weighted by Crippen LogP contribution is -2.32. The second kappa shape index (κ2) is 8.25. The minimum atomic E-state index is 0.00651. The summed E-state index contributed by atoms with van der Waals surface area (Å²) in [5.74, 6) is 2.07. The lowest BCUT2D eigenvalue weighted by Gasteiger charge is -2.31. The van der Waals surface area contributed by atoms with Crippen molar-refractivity contribution in [1.29, 1.82) is 0 Å². The fourth-order valence-corrected chi connectivity index (χ4v) is 3.97. The lowest BCUT2D eigenvalue weighted by molar-refractivity contribution is 0.134. The first kappa shape index (κ1) is 18.3. The summed E-state index contributed by atoms with van der Waals surface area (Å²) < 4.78 is 5.83. The summed E-state index contributed by atoms with van der Waals surface area (Å²) in [6.45, 7) is 4.07. The van der Waals surface area contributed by atoms with Gasteiger partial charge in [0.05, 0.1) is 12.6 Å². The number of anilines is 2. The van der Waals surface area contributed by atoms with E-state index in [0.29, 0.717) is 12.6 Å². The van der Waals surface area contributed by atoms with Crippen LogP contribution in [0.1, 0.15) is 29.3 Å². The number of aromatic nitrogens is 2. The fourth-order valence-electron chi connectivity index (χ4n) is 3.13. The number of benzene rings is 1. The van der Waals surface area contributed by atoms with E-state index in [1.807, 2.05) is 13.0 Å². The minimum absolute atomic E-state index is 0.00651. The molecule has 5 nitrogen and oxygen atoms in total. The Labute approximate surface area is 157 Å². The van der Waals surface area contributed by atoms with Crippen LogP contribution in [0.2, 0.25) is 5.02 Å². The van der Waals surface area contributed by atoms with Crippen molar-refractivity contribution >= 4 is 35.1 Å². The second-order valence-corrected chi connectivity index (χ2v) is 7.43. The van der Waals surface area contributed by atoms with Crippen LogP contribution in [0, 0.1) is 6.92 Å². The van der Waals surface area contributed by atoms with Crippen molar-refractivity contribution in [2.45, 2.75) is 25.1 Å². The average molecular weight is 379 g/mol. The Morgan fingerprint density at radius 3 is 2.92 bits per heavy atom. The average Bonchev–Trinajstić information content (AvgIpc) is 2.80. The molecule has 0 radical (unpaired) electrons. The molecule has 0 aliphatic carbocycles. The van der Waals surface area contributed by atoms with E-state index in [1.165, 1.54) is 5.56 Å². The van der Waals surface area contributed by atoms with Crippen LogP contribution in [-0.2, 0) is 10.5 Å². The summed E-state index contributed by atoms with van der Waals surface area (Å²) in [7, 11) is 0. The van der Waals surface area contributed by atoms with Gasteiger partial charge in [-0.05, 0) is 36.8 Å². The number of rotatable bonds is 4. The molecule has 25 heavy (non-hydrogen) atoms. The number of hydrogen-bond acceptors (Lipinski definition) is 6. The van der Waals surface area contributed by atoms with Crippen LogP contribution in [0.15, 0.2) is 24.3 Å². The van der Waals surface area contributed by atoms with Crippen molar-refractivity contribution in [3.05, 3.63) is 46.1 Å². The molecule has 1 aliphatic rings. The third kappa shape index (κ3) is 4.37. The van der Waals surface area contributed by atoms with Gasteiger partial charge in [0.1, 0.15) is 5.82 Å². The number of aryl methyl sites for hydroxylation is 1. The van der Waals surface area contributed by atoms with Gasteiger partial charge in [-0.15, -0.1) is 0 Å². The normalized spacial score (nSPS) is 18.2. The molecule has 0 bridgehead atoms. The summed E-state index contributed by atoms with van der Waals surface area (Å²) in [5.41, 5.74) is 9.00. The monoisotopic (exact) mass is 378 g/mol. The van der Waals surface area contributed by atoms with Gasteiger partial charge in [0.15, 0.2) is 0 Å². The third-order valence-electron chi connectivity index (χ3n) is 4.23. The Morgan fingerprint density at radius 2 is 2.20 bits per heavy atom. The van der Waals surface area contributed by atoms with E-state index >= 15 is 0 Å². The van der Waals surface area contributed by atoms with Gasteiger partial charge < -0.3 is 15.4 Å². The highest BCUT2D eigenvalue weighted by Gasteiger charge is 2.27. The minimum Gasteiger partial charge on any atom is -0.379 e. The molecule has 1 fully saturated rings. The molecular weight excluding hydrogens is 356 g/mol. The van der Waals surface area contributed by atoms with Crippen LogP contribution >= 0.6 is 23.4 Å². The first-order valence-corrected chi connectivity index (χ1v) is 10.1. The van der Waals surface area contributed by atoms with Crippen LogP contribution in [0.25, 0.3) is 0 Å². The van der Waals surface area contributed by atoms with Crippen molar-refractivity contribution in [2.75, 3.05) is 36.6 Å². The highest BCUT2D eigenvalue weighted by molar-refractivity contribution is 7.97. The van der Waals surface area contributed by atoms with E-state index in [0.717, 1.165) is 47.4 Å². The molecule has 1 saturated heterocycles. The molecule has 1 aromatic carbocycles. The zero-order chi connectivity index (χ0) is 17.8. The quantitative estimate of drug-likeness (QED) is 0.871. The molecule has 1 aliphatic heterocycles. The van der Waals surface area contributed by atoms with Gasteiger partial charge in [0.25, 0.3) is 0 Å². The smallest absolute Gasteiger partial charge is 0.222 e. The predicted octanol–water partition coefficient (Wildman–Crippen LogP) is 3.85. The van der Waals surface area contributed by atoms with E-state index in [1.54, 1.807) is 11.8 Å². The van der Waals surface area contributed by atoms with E-state index in [2.05, 4.69) is 39.3 Å². The SMILES string of the molecule is CSCc1ccc([C@@H]2COCCCN2c2cc(C)nc(N)n2)c(Cl)c1. The number of nitrogen functional groups attached to an aromatic ring is 1. The number of ether oxygens (including phenoxy) is 1. The van der Waals surface area contributed by atoms with E-state index < -0.39 is 0 Å². The standard InChI is InChI=1S/C18H23ClN4OS/c1-12-8-17(22-18(20)21-12)23-6-3-7-24-10-16(23)14-5-4-13(11-25-2)9-15(14)19/h4-5,8-9,16H,3,6-7,10-11H2,1-2H3,(H2,20,21,22)/t16-/m0/s1. The summed E-state index contributed by atoms with van der Waals surface area (Å²) >= 11 is 8.40. The summed E-state index contributed by atoms with van der Waals surface area (Å²) in [5, 5.41) is 0.769. The van der Waals surface area contributed by atoms with Crippen LogP contribution in [0.5, 0.6) is 0 Å². The van der Waals surface area contributed by atoms with Crippen molar-refractivity contribution in [1.82, 2.24) is 9.97 Å². The molecule has 2 aromatic rings. The largest absolute Gasteiger partial charge is 0.379 e. The predicted molar refractivity (Wildman–Crippen MR) is 105 cm³/mol. The molecule has 7 heteroatoms. The van der Waals surface area contributed by atoms with Gasteiger partial charge in [-0.1, -0.05) is 23.7 Å². The third-order valence-corrected chi connectivity index (χ3v) is 5.18. The van der Waals surface area contributed by atoms with Gasteiger partial charge in [-0.25, -0.2) is 4.98 Å². The van der Waals surface area contributed by atoms with Gasteiger partial charge in [0, 0.05) is 35.7 Å². The molecule has 134 valence electrons. The van der Waals surface area contributed by atoms with Crippen LogP contribution < -0.4 is 10.6 Å². The van der Waals surface area contributed by atoms with Crippen molar-refractivity contribution < 1.29 is 4.74 Å². The molecule has 0 amide bonds. The van der Waals surface area contributed by atoms with Crippen molar-refractivity contribution in [2.24, 2.45) is 0 Å². The summed E-state index contributed by atoms with van der Waals surface area (Å²) in [4.78, 5) is 10.9. The van der Waals surface area contributed by atoms with Gasteiger partial charge >= 0.3 is 0 Å². The highest BCUT2D eigenvalue weighted by atomic mass is 35.5. The molecule has 2 N–H and O–H groups in total. The Bertz CT molecular complexity index is 723. The highest BCUT2D eigenvalue weighted by Crippen LogP contribution is 2.34. The van der Waals surface area contributed by atoms with Crippen molar-refractivity contribution in [3.63, 3.8) is 0 Å². The number of thioether (sulfide) groups is 1. The van der Waals surface area contributed by atoms with E-state index in [4.69, 9.17) is 22.1 Å². The van der Waals surface area contributed by atoms with E-state index in [9.17, 15) is 0 Å². The van der Waals surface area contributed by atoms with Gasteiger partial charge in [-0.3, -0.25) is 0 Å². The molecular formula is C18H23ClN4OS. The molecule has 1 aromatic heterocycles. The number of nitrogens with two attached hydrogens (primary N) is 1. The molecule has 2 heterocycles. The van der Waals surface area contributed by atoms with E-state index in [-0.39, 0.29) is 6.04 Å². The number of nitrogens with zero attached hydrogens (tertiary/aromatic N) is 3. The Hall–Kier alpha value is -1.50. The van der Waals surface area contributed by atoms with Gasteiger partial charge in [-0.2, -0.15) is 16.7 Å². The maximum absolute atomic E-state index is 6.62. The number of halogens is 1.